The van der Waals surface area contributed by atoms with Crippen LogP contribution in [0.1, 0.15) is 5.82 Å². The minimum atomic E-state index is -0.334. The fraction of sp³-hybridized carbons (Fsp3) is 0.214. The number of non-ortho nitro benzene ring substituents is 1. The lowest BCUT2D eigenvalue weighted by atomic mass is 10.2. The standard InChI is InChI=1S/C14H14N4O2/c1-16-10-7-15-13(16)6-9-17-8-5-11-3-2-4-12(14(11)17)18(19)20/h2-5,7-8,10H,6,9H2,1H3. The first kappa shape index (κ1) is 12.4. The minimum Gasteiger partial charge on any atom is -0.341 e. The zero-order valence-corrected chi connectivity index (χ0v) is 11.1. The topological polar surface area (TPSA) is 65.9 Å². The molecule has 0 N–H and O–H groups in total. The highest BCUT2D eigenvalue weighted by atomic mass is 16.6. The first-order valence-electron chi connectivity index (χ1n) is 6.35. The van der Waals surface area contributed by atoms with Gasteiger partial charge in [-0.2, -0.15) is 0 Å². The van der Waals surface area contributed by atoms with Gasteiger partial charge < -0.3 is 9.13 Å². The van der Waals surface area contributed by atoms with Crippen molar-refractivity contribution in [3.8, 4) is 0 Å². The molecule has 2 heterocycles. The Labute approximate surface area is 115 Å². The van der Waals surface area contributed by atoms with Gasteiger partial charge in [0.05, 0.1) is 4.92 Å². The molecule has 102 valence electrons. The summed E-state index contributed by atoms with van der Waals surface area (Å²) < 4.78 is 3.88. The fourth-order valence-corrected chi connectivity index (χ4v) is 2.43. The Morgan fingerprint density at radius 1 is 1.30 bits per heavy atom. The van der Waals surface area contributed by atoms with E-state index < -0.39 is 0 Å². The molecule has 3 aromatic rings. The third kappa shape index (κ3) is 2.05. The number of nitrogens with zero attached hydrogens (tertiary/aromatic N) is 4. The molecule has 2 aromatic heterocycles. The molecule has 0 saturated heterocycles. The monoisotopic (exact) mass is 270 g/mol. The molecular formula is C14H14N4O2. The summed E-state index contributed by atoms with van der Waals surface area (Å²) in [7, 11) is 1.94. The molecule has 0 aliphatic heterocycles. The molecule has 20 heavy (non-hydrogen) atoms. The van der Waals surface area contributed by atoms with E-state index in [1.165, 1.54) is 0 Å². The van der Waals surface area contributed by atoms with Crippen LogP contribution in [-0.2, 0) is 20.0 Å². The van der Waals surface area contributed by atoms with Crippen molar-refractivity contribution in [3.63, 3.8) is 0 Å². The van der Waals surface area contributed by atoms with Crippen molar-refractivity contribution >= 4 is 16.6 Å². The van der Waals surface area contributed by atoms with Gasteiger partial charge >= 0.3 is 0 Å². The van der Waals surface area contributed by atoms with Crippen LogP contribution < -0.4 is 0 Å². The Bertz CT molecular complexity index is 772. The summed E-state index contributed by atoms with van der Waals surface area (Å²) in [6, 6.07) is 7.05. The predicted octanol–water partition coefficient (Wildman–Crippen LogP) is 2.53. The van der Waals surface area contributed by atoms with Crippen molar-refractivity contribution in [2.24, 2.45) is 7.05 Å². The summed E-state index contributed by atoms with van der Waals surface area (Å²) in [5.41, 5.74) is 0.819. The molecule has 0 bridgehead atoms. The van der Waals surface area contributed by atoms with Crippen molar-refractivity contribution in [3.05, 3.63) is 58.8 Å². The molecule has 0 saturated carbocycles. The van der Waals surface area contributed by atoms with Crippen LogP contribution in [0.15, 0.2) is 42.9 Å². The highest BCUT2D eigenvalue weighted by Gasteiger charge is 2.15. The lowest BCUT2D eigenvalue weighted by molar-refractivity contribution is -0.383. The molecule has 3 rings (SSSR count). The SMILES string of the molecule is Cn1ccnc1CCn1ccc2cccc([N+](=O)[O-])c21. The van der Waals surface area contributed by atoms with Crippen LogP contribution in [0, 0.1) is 10.1 Å². The zero-order chi connectivity index (χ0) is 14.1. The van der Waals surface area contributed by atoms with Crippen LogP contribution in [-0.4, -0.2) is 19.0 Å². The number of hydrogen-bond donors (Lipinski definition) is 0. The Morgan fingerprint density at radius 2 is 2.15 bits per heavy atom. The molecule has 6 nitrogen and oxygen atoms in total. The van der Waals surface area contributed by atoms with Gasteiger partial charge in [-0.15, -0.1) is 0 Å². The smallest absolute Gasteiger partial charge is 0.293 e. The Hall–Kier alpha value is -2.63. The zero-order valence-electron chi connectivity index (χ0n) is 11.1. The maximum absolute atomic E-state index is 11.1. The summed E-state index contributed by atoms with van der Waals surface area (Å²) in [5, 5.41) is 12.0. The van der Waals surface area contributed by atoms with Crippen LogP contribution in [0.5, 0.6) is 0 Å². The summed E-state index contributed by atoms with van der Waals surface area (Å²) in [4.78, 5) is 15.1. The Kier molecular flexibility index (Phi) is 2.98. The van der Waals surface area contributed by atoms with Crippen molar-refractivity contribution < 1.29 is 4.92 Å². The van der Waals surface area contributed by atoms with Gasteiger partial charge in [-0.25, -0.2) is 4.98 Å². The highest BCUT2D eigenvalue weighted by molar-refractivity contribution is 5.88. The number of aryl methyl sites for hydroxylation is 3. The second-order valence-corrected chi connectivity index (χ2v) is 4.69. The molecule has 0 atom stereocenters. The average molecular weight is 270 g/mol. The molecule has 0 spiro atoms. The number of para-hydroxylation sites is 1. The number of benzene rings is 1. The van der Waals surface area contributed by atoms with Gasteiger partial charge in [0, 0.05) is 50.1 Å². The number of nitro benzene ring substituents is 1. The third-order valence-electron chi connectivity index (χ3n) is 3.46. The summed E-state index contributed by atoms with van der Waals surface area (Å²) in [6.07, 6.45) is 6.27. The Morgan fingerprint density at radius 3 is 2.85 bits per heavy atom. The van der Waals surface area contributed by atoms with Gasteiger partial charge in [0.1, 0.15) is 11.3 Å². The molecule has 0 amide bonds. The number of hydrogen-bond acceptors (Lipinski definition) is 3. The number of fused-ring (bicyclic) bond motifs is 1. The molecule has 0 fully saturated rings. The maximum atomic E-state index is 11.1. The van der Waals surface area contributed by atoms with Crippen LogP contribution in [0.25, 0.3) is 10.9 Å². The number of aromatic nitrogens is 3. The summed E-state index contributed by atoms with van der Waals surface area (Å²) >= 11 is 0. The van der Waals surface area contributed by atoms with Crippen LogP contribution in [0.2, 0.25) is 0 Å². The van der Waals surface area contributed by atoms with Crippen molar-refractivity contribution in [1.82, 2.24) is 14.1 Å². The van der Waals surface area contributed by atoms with Gasteiger partial charge in [-0.05, 0) is 6.07 Å². The largest absolute Gasteiger partial charge is 0.341 e. The van der Waals surface area contributed by atoms with E-state index in [1.807, 2.05) is 40.7 Å². The van der Waals surface area contributed by atoms with E-state index in [9.17, 15) is 10.1 Å². The lowest BCUT2D eigenvalue weighted by Gasteiger charge is -2.06. The van der Waals surface area contributed by atoms with Crippen LogP contribution >= 0.6 is 0 Å². The van der Waals surface area contributed by atoms with Gasteiger partial charge in [0.15, 0.2) is 0 Å². The molecule has 0 aliphatic rings. The van der Waals surface area contributed by atoms with Gasteiger partial charge in [0.2, 0.25) is 0 Å². The number of nitro groups is 1. The van der Waals surface area contributed by atoms with Gasteiger partial charge in [-0.1, -0.05) is 12.1 Å². The minimum absolute atomic E-state index is 0.146. The molecule has 0 radical (unpaired) electrons. The van der Waals surface area contributed by atoms with E-state index in [0.29, 0.717) is 12.1 Å². The van der Waals surface area contributed by atoms with Crippen LogP contribution in [0.4, 0.5) is 5.69 Å². The fourth-order valence-electron chi connectivity index (χ4n) is 2.43. The Balaban J connectivity index is 1.96. The average Bonchev–Trinajstić information content (AvgIpc) is 3.02. The molecule has 6 heteroatoms. The van der Waals surface area contributed by atoms with Gasteiger partial charge in [-0.3, -0.25) is 10.1 Å². The molecular weight excluding hydrogens is 256 g/mol. The van der Waals surface area contributed by atoms with E-state index in [4.69, 9.17) is 0 Å². The normalized spacial score (nSPS) is 11.1. The van der Waals surface area contributed by atoms with E-state index >= 15 is 0 Å². The van der Waals surface area contributed by atoms with Crippen molar-refractivity contribution in [2.75, 3.05) is 0 Å². The molecule has 1 aromatic carbocycles. The van der Waals surface area contributed by atoms with E-state index in [0.717, 1.165) is 17.6 Å². The van der Waals surface area contributed by atoms with E-state index in [-0.39, 0.29) is 10.6 Å². The van der Waals surface area contributed by atoms with Crippen LogP contribution in [0.3, 0.4) is 0 Å². The second-order valence-electron chi connectivity index (χ2n) is 4.69. The van der Waals surface area contributed by atoms with Crippen molar-refractivity contribution in [2.45, 2.75) is 13.0 Å². The predicted molar refractivity (Wildman–Crippen MR) is 75.5 cm³/mol. The molecule has 0 unspecified atom stereocenters. The first-order chi connectivity index (χ1) is 9.66. The van der Waals surface area contributed by atoms with E-state index in [1.54, 1.807) is 18.3 Å². The first-order valence-corrected chi connectivity index (χ1v) is 6.35. The maximum Gasteiger partial charge on any atom is 0.293 e. The number of imidazole rings is 1. The number of rotatable bonds is 4. The second kappa shape index (κ2) is 4.80. The van der Waals surface area contributed by atoms with E-state index in [2.05, 4.69) is 4.98 Å². The highest BCUT2D eigenvalue weighted by Crippen LogP contribution is 2.26. The quantitative estimate of drug-likeness (QED) is 0.540. The third-order valence-corrected chi connectivity index (χ3v) is 3.46. The lowest BCUT2D eigenvalue weighted by Crippen LogP contribution is -2.05. The van der Waals surface area contributed by atoms with Gasteiger partial charge in [0.25, 0.3) is 5.69 Å². The van der Waals surface area contributed by atoms with Crippen molar-refractivity contribution in [1.29, 1.82) is 0 Å². The summed E-state index contributed by atoms with van der Waals surface area (Å²) in [5.74, 6) is 0.963. The molecule has 0 aliphatic carbocycles. The summed E-state index contributed by atoms with van der Waals surface area (Å²) in [6.45, 7) is 0.666.